The summed E-state index contributed by atoms with van der Waals surface area (Å²) in [5, 5.41) is 3.08. The third-order valence-corrected chi connectivity index (χ3v) is 4.97. The molecule has 9 nitrogen and oxygen atoms in total. The minimum Gasteiger partial charge on any atom is -0.468 e. The first-order valence-electron chi connectivity index (χ1n) is 8.80. The second-order valence-electron chi connectivity index (χ2n) is 6.43. The lowest BCUT2D eigenvalue weighted by Gasteiger charge is -2.22. The van der Waals surface area contributed by atoms with Crippen molar-refractivity contribution in [3.8, 4) is 0 Å². The maximum atomic E-state index is 13.3. The van der Waals surface area contributed by atoms with E-state index in [9.17, 15) is 19.9 Å². The van der Waals surface area contributed by atoms with Gasteiger partial charge in [-0.3, -0.25) is 14.9 Å². The summed E-state index contributed by atoms with van der Waals surface area (Å²) in [7, 11) is 2.32. The number of nitrogens with one attached hydrogen (secondary N) is 1. The zero-order valence-corrected chi connectivity index (χ0v) is 15.8. The summed E-state index contributed by atoms with van der Waals surface area (Å²) in [6.45, 7) is 0. The molecular formula is C20H19N3O6. The van der Waals surface area contributed by atoms with Gasteiger partial charge in [0, 0.05) is 5.92 Å². The fourth-order valence-corrected chi connectivity index (χ4v) is 3.72. The van der Waals surface area contributed by atoms with Gasteiger partial charge in [-0.1, -0.05) is 30.3 Å². The summed E-state index contributed by atoms with van der Waals surface area (Å²) in [4.78, 5) is 40.6. The smallest absolute Gasteiger partial charge is 0.441 e. The van der Waals surface area contributed by atoms with Gasteiger partial charge in [-0.15, -0.1) is 0 Å². The lowest BCUT2D eigenvalue weighted by molar-refractivity contribution is -0.143. The average Bonchev–Trinajstić information content (AvgIpc) is 3.41. The van der Waals surface area contributed by atoms with Gasteiger partial charge in [0.2, 0.25) is 0 Å². The molecule has 2 heterocycles. The van der Waals surface area contributed by atoms with Crippen LogP contribution in [-0.2, 0) is 23.9 Å². The van der Waals surface area contributed by atoms with E-state index in [-0.39, 0.29) is 0 Å². The number of nitrogens with zero attached hydrogens (tertiary/aromatic N) is 2. The fraction of sp³-hybridized carbons (Fsp3) is 0.300. The van der Waals surface area contributed by atoms with Gasteiger partial charge in [0.05, 0.1) is 32.4 Å². The Morgan fingerprint density at radius 3 is 2.34 bits per heavy atom. The van der Waals surface area contributed by atoms with E-state index in [1.807, 2.05) is 0 Å². The summed E-state index contributed by atoms with van der Waals surface area (Å²) >= 11 is 0. The Balaban J connectivity index is 2.16. The topological polar surface area (TPSA) is 131 Å². The second kappa shape index (κ2) is 8.64. The molecular weight excluding hydrogens is 378 g/mol. The number of furan rings is 1. The molecule has 1 N–H and O–H groups in total. The van der Waals surface area contributed by atoms with Gasteiger partial charge in [-0.25, -0.2) is 4.79 Å². The normalized spacial score (nSPS) is 23.1. The van der Waals surface area contributed by atoms with E-state index in [0.717, 1.165) is 7.11 Å². The zero-order chi connectivity index (χ0) is 21.0. The Morgan fingerprint density at radius 1 is 1.07 bits per heavy atom. The van der Waals surface area contributed by atoms with E-state index < -0.39 is 47.4 Å². The van der Waals surface area contributed by atoms with Crippen molar-refractivity contribution in [2.75, 3.05) is 14.2 Å². The van der Waals surface area contributed by atoms with E-state index >= 15 is 0 Å². The van der Waals surface area contributed by atoms with Crippen molar-refractivity contribution in [2.24, 2.45) is 5.92 Å². The molecule has 1 aliphatic rings. The minimum absolute atomic E-state index is 0.387. The lowest BCUT2D eigenvalue weighted by atomic mass is 9.77. The zero-order valence-electron chi connectivity index (χ0n) is 15.8. The number of Topliss-reactive ketones (excluding diaryl/α,β-unsaturated/α-hetero) is 1. The largest absolute Gasteiger partial charge is 0.468 e. The molecule has 0 spiro atoms. The van der Waals surface area contributed by atoms with E-state index in [4.69, 9.17) is 9.15 Å². The standard InChI is InChI=1S/C20H19N3O6/c1-27-19(25)16-13(11-7-4-3-5-8-11)14(15(22-16)12-9-6-10-29-12)18(24)17(23-21)20(26)28-2/h3-10,13-16,22H,1-2H3/t13-,14-,15-,16-/m0/s1. The van der Waals surface area contributed by atoms with Gasteiger partial charge in [-0.05, 0) is 17.7 Å². The molecule has 2 aromatic rings. The predicted octanol–water partition coefficient (Wildman–Crippen LogP) is 1.28. The number of hydrogen-bond acceptors (Lipinski definition) is 7. The first kappa shape index (κ1) is 20.2. The highest BCUT2D eigenvalue weighted by Crippen LogP contribution is 2.44. The maximum Gasteiger partial charge on any atom is 0.441 e. The van der Waals surface area contributed by atoms with E-state index in [2.05, 4.69) is 14.8 Å². The van der Waals surface area contributed by atoms with Crippen molar-refractivity contribution in [2.45, 2.75) is 18.0 Å². The molecule has 3 rings (SSSR count). The number of ether oxygens (including phenoxy) is 2. The SMILES string of the molecule is COC(=O)C(=[N+]=[N-])C(=O)[C@H]1[C@H](c2ccccc2)[C@@H](C(=O)OC)N[C@H]1c1ccco1. The maximum absolute atomic E-state index is 13.3. The Kier molecular flexibility index (Phi) is 6.01. The molecule has 150 valence electrons. The number of methoxy groups -OCH3 is 2. The number of rotatable bonds is 6. The van der Waals surface area contributed by atoms with Crippen molar-refractivity contribution < 1.29 is 33.1 Å². The average molecular weight is 397 g/mol. The summed E-state index contributed by atoms with van der Waals surface area (Å²) in [6.07, 6.45) is 1.43. The molecule has 1 aliphatic heterocycles. The number of hydrogen-bond donors (Lipinski definition) is 1. The number of esters is 2. The Labute approximate surface area is 166 Å². The summed E-state index contributed by atoms with van der Waals surface area (Å²) in [5.74, 6) is -3.77. The Hall–Kier alpha value is -3.55. The minimum atomic E-state index is -1.08. The van der Waals surface area contributed by atoms with Gasteiger partial charge in [0.1, 0.15) is 11.8 Å². The number of carbonyl (C=O) groups is 3. The predicted molar refractivity (Wildman–Crippen MR) is 98.7 cm³/mol. The van der Waals surface area contributed by atoms with E-state index in [0.29, 0.717) is 11.3 Å². The summed E-state index contributed by atoms with van der Waals surface area (Å²) in [6, 6.07) is 10.5. The monoisotopic (exact) mass is 397 g/mol. The third kappa shape index (κ3) is 3.73. The van der Waals surface area contributed by atoms with Crippen LogP contribution >= 0.6 is 0 Å². The summed E-state index contributed by atoms with van der Waals surface area (Å²) in [5.41, 5.74) is 9.19. The van der Waals surface area contributed by atoms with Crippen LogP contribution in [0.4, 0.5) is 0 Å². The number of benzene rings is 1. The number of ketones is 1. The molecule has 4 atom stereocenters. The highest BCUT2D eigenvalue weighted by molar-refractivity contribution is 6.62. The van der Waals surface area contributed by atoms with Crippen LogP contribution in [0.1, 0.15) is 23.3 Å². The van der Waals surface area contributed by atoms with Crippen LogP contribution in [0.3, 0.4) is 0 Å². The van der Waals surface area contributed by atoms with Crippen molar-refractivity contribution in [1.82, 2.24) is 5.32 Å². The Morgan fingerprint density at radius 2 is 1.79 bits per heavy atom. The molecule has 0 radical (unpaired) electrons. The summed E-state index contributed by atoms with van der Waals surface area (Å²) < 4.78 is 14.9. The number of carbonyl (C=O) groups excluding carboxylic acids is 3. The highest BCUT2D eigenvalue weighted by atomic mass is 16.5. The molecule has 0 aliphatic carbocycles. The van der Waals surface area contributed by atoms with Crippen LogP contribution in [0.2, 0.25) is 0 Å². The van der Waals surface area contributed by atoms with Crippen molar-refractivity contribution in [1.29, 1.82) is 0 Å². The second-order valence-corrected chi connectivity index (χ2v) is 6.43. The molecule has 1 fully saturated rings. The van der Waals surface area contributed by atoms with Crippen molar-refractivity contribution in [3.63, 3.8) is 0 Å². The van der Waals surface area contributed by atoms with Gasteiger partial charge in [0.15, 0.2) is 0 Å². The molecule has 29 heavy (non-hydrogen) atoms. The molecule has 0 bridgehead atoms. The van der Waals surface area contributed by atoms with E-state index in [1.165, 1.54) is 13.4 Å². The van der Waals surface area contributed by atoms with E-state index in [1.54, 1.807) is 42.5 Å². The molecule has 0 unspecified atom stereocenters. The highest BCUT2D eigenvalue weighted by Gasteiger charge is 2.55. The van der Waals surface area contributed by atoms with Crippen LogP contribution < -0.4 is 5.32 Å². The Bertz CT molecular complexity index is 950. The molecule has 1 aromatic carbocycles. The fourth-order valence-electron chi connectivity index (χ4n) is 3.72. The first-order valence-corrected chi connectivity index (χ1v) is 8.80. The third-order valence-electron chi connectivity index (χ3n) is 4.97. The van der Waals surface area contributed by atoms with Gasteiger partial charge >= 0.3 is 17.7 Å². The molecule has 1 saturated heterocycles. The quantitative estimate of drug-likeness (QED) is 0.255. The lowest BCUT2D eigenvalue weighted by Crippen LogP contribution is -2.38. The first-order chi connectivity index (χ1) is 14.0. The van der Waals surface area contributed by atoms with Gasteiger partial charge in [0.25, 0.3) is 5.78 Å². The van der Waals surface area contributed by atoms with Crippen LogP contribution in [0.15, 0.2) is 53.1 Å². The molecule has 1 aromatic heterocycles. The van der Waals surface area contributed by atoms with Crippen LogP contribution in [0.5, 0.6) is 0 Å². The van der Waals surface area contributed by atoms with Crippen LogP contribution in [0, 0.1) is 5.92 Å². The van der Waals surface area contributed by atoms with Crippen LogP contribution in [-0.4, -0.2) is 48.5 Å². The van der Waals surface area contributed by atoms with Gasteiger partial charge in [-0.2, -0.15) is 4.79 Å². The molecule has 0 saturated carbocycles. The van der Waals surface area contributed by atoms with Crippen molar-refractivity contribution in [3.05, 3.63) is 65.6 Å². The van der Waals surface area contributed by atoms with Gasteiger partial charge < -0.3 is 19.4 Å². The van der Waals surface area contributed by atoms with Crippen molar-refractivity contribution >= 4 is 23.4 Å². The molecule has 9 heteroatoms. The molecule has 0 amide bonds. The van der Waals surface area contributed by atoms with Crippen LogP contribution in [0.25, 0.3) is 5.53 Å².